The second-order valence-corrected chi connectivity index (χ2v) is 5.53. The molecule has 2 heterocycles. The molecule has 1 aliphatic rings. The fraction of sp³-hybridized carbons (Fsp3) is 0.500. The third-order valence-corrected chi connectivity index (χ3v) is 3.85. The molecule has 0 spiro atoms. The van der Waals surface area contributed by atoms with Gasteiger partial charge in [0.1, 0.15) is 0 Å². The molecule has 96 valence electrons. The average Bonchev–Trinajstić information content (AvgIpc) is 2.98. The van der Waals surface area contributed by atoms with Gasteiger partial charge < -0.3 is 10.0 Å². The minimum Gasteiger partial charge on any atom is -0.395 e. The number of aliphatic hydroxyl groups is 1. The van der Waals surface area contributed by atoms with Crippen LogP contribution in [0.1, 0.15) is 35.0 Å². The first-order valence-electron chi connectivity index (χ1n) is 6.18. The van der Waals surface area contributed by atoms with Gasteiger partial charge in [0.25, 0.3) is 5.91 Å². The Kier molecular flexibility index (Phi) is 4.40. The Morgan fingerprint density at radius 2 is 2.50 bits per heavy atom. The first kappa shape index (κ1) is 13.1. The molecule has 1 N–H and O–H groups in total. The maximum Gasteiger partial charge on any atom is 0.254 e. The molecule has 3 nitrogen and oxygen atoms in total. The Balaban J connectivity index is 2.02. The van der Waals surface area contributed by atoms with Crippen molar-refractivity contribution in [1.29, 1.82) is 0 Å². The summed E-state index contributed by atoms with van der Waals surface area (Å²) in [6.07, 6.45) is 1.57. The molecule has 2 rings (SSSR count). The van der Waals surface area contributed by atoms with E-state index in [-0.39, 0.29) is 12.5 Å². The van der Waals surface area contributed by atoms with Crippen LogP contribution in [0.25, 0.3) is 0 Å². The number of amides is 1. The van der Waals surface area contributed by atoms with Gasteiger partial charge in [-0.15, -0.1) is 11.3 Å². The molecule has 0 radical (unpaired) electrons. The fourth-order valence-electron chi connectivity index (χ4n) is 2.02. The molecule has 0 saturated carbocycles. The van der Waals surface area contributed by atoms with Gasteiger partial charge in [-0.1, -0.05) is 18.8 Å². The summed E-state index contributed by atoms with van der Waals surface area (Å²) in [5.74, 6) is 6.55. The van der Waals surface area contributed by atoms with Crippen LogP contribution in [-0.4, -0.2) is 35.6 Å². The van der Waals surface area contributed by atoms with Crippen LogP contribution in [0.4, 0.5) is 0 Å². The van der Waals surface area contributed by atoms with E-state index in [1.807, 2.05) is 16.3 Å². The Morgan fingerprint density at radius 3 is 3.17 bits per heavy atom. The summed E-state index contributed by atoms with van der Waals surface area (Å²) in [4.78, 5) is 15.0. The number of carbonyl (C=O) groups is 1. The lowest BCUT2D eigenvalue weighted by molar-refractivity contribution is 0.0788. The quantitative estimate of drug-likeness (QED) is 0.829. The molecule has 18 heavy (non-hydrogen) atoms. The predicted molar refractivity (Wildman–Crippen MR) is 72.6 cm³/mol. The summed E-state index contributed by atoms with van der Waals surface area (Å²) >= 11 is 1.49. The van der Waals surface area contributed by atoms with E-state index in [0.29, 0.717) is 12.3 Å². The molecule has 1 unspecified atom stereocenters. The predicted octanol–water partition coefficient (Wildman–Crippen LogP) is 1.96. The summed E-state index contributed by atoms with van der Waals surface area (Å²) in [7, 11) is 0. The lowest BCUT2D eigenvalue weighted by Crippen LogP contribution is -2.27. The van der Waals surface area contributed by atoms with Crippen LogP contribution in [-0.2, 0) is 0 Å². The molecule has 4 heteroatoms. The van der Waals surface area contributed by atoms with E-state index in [2.05, 4.69) is 18.8 Å². The van der Waals surface area contributed by atoms with Crippen molar-refractivity contribution >= 4 is 17.2 Å². The maximum atomic E-state index is 12.2. The van der Waals surface area contributed by atoms with E-state index in [4.69, 9.17) is 5.11 Å². The third-order valence-electron chi connectivity index (χ3n) is 3.01. The van der Waals surface area contributed by atoms with Crippen molar-refractivity contribution in [1.82, 2.24) is 4.90 Å². The van der Waals surface area contributed by atoms with Crippen molar-refractivity contribution in [3.8, 4) is 11.8 Å². The first-order chi connectivity index (χ1) is 8.70. The highest BCUT2D eigenvalue weighted by Crippen LogP contribution is 2.20. The van der Waals surface area contributed by atoms with Crippen molar-refractivity contribution in [2.75, 3.05) is 19.7 Å². The molecule has 1 aromatic rings. The van der Waals surface area contributed by atoms with E-state index >= 15 is 0 Å². The second-order valence-electron chi connectivity index (χ2n) is 4.62. The van der Waals surface area contributed by atoms with Gasteiger partial charge in [-0.25, -0.2) is 0 Å². The zero-order valence-electron chi connectivity index (χ0n) is 10.5. The van der Waals surface area contributed by atoms with Gasteiger partial charge >= 0.3 is 0 Å². The molecular weight excluding hydrogens is 246 g/mol. The monoisotopic (exact) mass is 263 g/mol. The normalized spacial score (nSPS) is 18.6. The van der Waals surface area contributed by atoms with Gasteiger partial charge in [0, 0.05) is 24.9 Å². The summed E-state index contributed by atoms with van der Waals surface area (Å²) in [6, 6.07) is 1.85. The highest BCUT2D eigenvalue weighted by molar-refractivity contribution is 7.10. The van der Waals surface area contributed by atoms with Crippen LogP contribution in [0.15, 0.2) is 11.4 Å². The Bertz CT molecular complexity index is 483. The number of thiophene rings is 1. The van der Waals surface area contributed by atoms with Crippen molar-refractivity contribution in [2.45, 2.75) is 19.8 Å². The molecule has 0 aromatic carbocycles. The lowest BCUT2D eigenvalue weighted by Gasteiger charge is -2.14. The molecule has 1 aliphatic heterocycles. The minimum absolute atomic E-state index is 0.0792. The van der Waals surface area contributed by atoms with Gasteiger partial charge in [-0.2, -0.15) is 0 Å². The third kappa shape index (κ3) is 3.12. The van der Waals surface area contributed by atoms with E-state index in [1.165, 1.54) is 11.3 Å². The largest absolute Gasteiger partial charge is 0.395 e. The first-order valence-corrected chi connectivity index (χ1v) is 7.06. The zero-order chi connectivity index (χ0) is 13.0. The van der Waals surface area contributed by atoms with Crippen LogP contribution in [0.2, 0.25) is 0 Å². The van der Waals surface area contributed by atoms with Gasteiger partial charge in [-0.3, -0.25) is 4.79 Å². The van der Waals surface area contributed by atoms with Gasteiger partial charge in [-0.05, 0) is 18.4 Å². The molecule has 1 aromatic heterocycles. The summed E-state index contributed by atoms with van der Waals surface area (Å²) < 4.78 is 0. The second kappa shape index (κ2) is 6.03. The standard InChI is InChI=1S/C14H17NO2S/c1-11-5-6-15(9-11)14(17)12-8-13(18-10-12)4-2-3-7-16/h8,10-11,16H,3,5-7,9H2,1H3. The van der Waals surface area contributed by atoms with E-state index in [1.54, 1.807) is 0 Å². The van der Waals surface area contributed by atoms with Crippen molar-refractivity contribution < 1.29 is 9.90 Å². The highest BCUT2D eigenvalue weighted by atomic mass is 32.1. The number of likely N-dealkylation sites (tertiary alicyclic amines) is 1. The topological polar surface area (TPSA) is 40.5 Å². The molecule has 1 amide bonds. The molecule has 1 saturated heterocycles. The van der Waals surface area contributed by atoms with E-state index < -0.39 is 0 Å². The highest BCUT2D eigenvalue weighted by Gasteiger charge is 2.24. The number of nitrogens with zero attached hydrogens (tertiary/aromatic N) is 1. The van der Waals surface area contributed by atoms with Gasteiger partial charge in [0.05, 0.1) is 17.0 Å². The zero-order valence-corrected chi connectivity index (χ0v) is 11.3. The van der Waals surface area contributed by atoms with Crippen LogP contribution in [0.5, 0.6) is 0 Å². The van der Waals surface area contributed by atoms with Crippen LogP contribution in [0.3, 0.4) is 0 Å². The maximum absolute atomic E-state index is 12.2. The Labute approximate surface area is 111 Å². The van der Waals surface area contributed by atoms with Crippen LogP contribution < -0.4 is 0 Å². The summed E-state index contributed by atoms with van der Waals surface area (Å²) in [5.41, 5.74) is 0.738. The Morgan fingerprint density at radius 1 is 1.67 bits per heavy atom. The molecular formula is C14H17NO2S. The molecule has 0 bridgehead atoms. The number of aliphatic hydroxyl groups excluding tert-OH is 1. The number of hydrogen-bond donors (Lipinski definition) is 1. The van der Waals surface area contributed by atoms with E-state index in [0.717, 1.165) is 30.0 Å². The SMILES string of the molecule is CC1CCN(C(=O)c2csc(C#CCCO)c2)C1. The molecule has 0 aliphatic carbocycles. The fourth-order valence-corrected chi connectivity index (χ4v) is 2.77. The lowest BCUT2D eigenvalue weighted by atomic mass is 10.2. The van der Waals surface area contributed by atoms with Gasteiger partial charge in [0.2, 0.25) is 0 Å². The molecule has 1 fully saturated rings. The Hall–Kier alpha value is -1.31. The van der Waals surface area contributed by atoms with E-state index in [9.17, 15) is 4.79 Å². The van der Waals surface area contributed by atoms with Crippen LogP contribution in [0, 0.1) is 17.8 Å². The van der Waals surface area contributed by atoms with Crippen LogP contribution >= 0.6 is 11.3 Å². The minimum atomic E-state index is 0.0792. The summed E-state index contributed by atoms with van der Waals surface area (Å²) in [6.45, 7) is 3.98. The smallest absolute Gasteiger partial charge is 0.254 e. The molecule has 1 atom stereocenters. The number of rotatable bonds is 2. The van der Waals surface area contributed by atoms with Gasteiger partial charge in [0.15, 0.2) is 0 Å². The van der Waals surface area contributed by atoms with Crippen molar-refractivity contribution in [3.05, 3.63) is 21.9 Å². The number of hydrogen-bond acceptors (Lipinski definition) is 3. The van der Waals surface area contributed by atoms with Crippen molar-refractivity contribution in [3.63, 3.8) is 0 Å². The number of carbonyl (C=O) groups excluding carboxylic acids is 1. The average molecular weight is 263 g/mol. The van der Waals surface area contributed by atoms with Crippen molar-refractivity contribution in [2.24, 2.45) is 5.92 Å². The summed E-state index contributed by atoms with van der Waals surface area (Å²) in [5, 5.41) is 10.5.